The van der Waals surface area contributed by atoms with E-state index in [1.54, 1.807) is 0 Å². The molecule has 0 spiro atoms. The van der Waals surface area contributed by atoms with Crippen molar-refractivity contribution in [3.8, 4) is 0 Å². The number of hydrogen-bond donors (Lipinski definition) is 2. The van der Waals surface area contributed by atoms with E-state index in [2.05, 4.69) is 5.32 Å². The number of hydrogen-bond acceptors (Lipinski definition) is 3. The molecule has 1 aliphatic carbocycles. The van der Waals surface area contributed by atoms with Crippen LogP contribution in [0.15, 0.2) is 24.3 Å². The summed E-state index contributed by atoms with van der Waals surface area (Å²) in [4.78, 5) is 11.7. The highest BCUT2D eigenvalue weighted by Gasteiger charge is 2.61. The summed E-state index contributed by atoms with van der Waals surface area (Å²) in [5.41, 5.74) is -1.70. The summed E-state index contributed by atoms with van der Waals surface area (Å²) in [5.74, 6) is -5.80. The van der Waals surface area contributed by atoms with E-state index in [1.807, 2.05) is 0 Å². The molecule has 1 unspecified atom stereocenters. The first kappa shape index (κ1) is 16.8. The minimum Gasteiger partial charge on any atom is -0.383 e. The van der Waals surface area contributed by atoms with Gasteiger partial charge in [0, 0.05) is 13.7 Å². The Morgan fingerprint density at radius 3 is 2.45 bits per heavy atom. The quantitative estimate of drug-likeness (QED) is 0.845. The van der Waals surface area contributed by atoms with Gasteiger partial charge in [0.25, 0.3) is 5.91 Å². The standard InChI is InChI=1S/C15H18F3NO3/c1-22-12(10-3-5-11(16)6-4-10)9-19-13(20)15(17,18)14(21)7-2-8-14/h3-6,12,21H,2,7-9H2,1H3,(H,19,20). The number of carbonyl (C=O) groups is 1. The van der Waals surface area contributed by atoms with Crippen LogP contribution in [-0.4, -0.2) is 36.2 Å². The zero-order chi connectivity index (χ0) is 16.4. The SMILES string of the molecule is COC(CNC(=O)C(F)(F)C1(O)CCC1)c1ccc(F)cc1. The average molecular weight is 317 g/mol. The van der Waals surface area contributed by atoms with Crippen molar-refractivity contribution in [3.05, 3.63) is 35.6 Å². The van der Waals surface area contributed by atoms with E-state index >= 15 is 0 Å². The van der Waals surface area contributed by atoms with Crippen molar-refractivity contribution in [2.75, 3.05) is 13.7 Å². The molecule has 122 valence electrons. The van der Waals surface area contributed by atoms with Crippen LogP contribution in [0.25, 0.3) is 0 Å². The van der Waals surface area contributed by atoms with Gasteiger partial charge in [0.05, 0.1) is 6.10 Å². The third kappa shape index (κ3) is 3.10. The number of benzene rings is 1. The van der Waals surface area contributed by atoms with E-state index in [9.17, 15) is 23.1 Å². The lowest BCUT2D eigenvalue weighted by Gasteiger charge is -2.41. The van der Waals surface area contributed by atoms with E-state index in [1.165, 1.54) is 31.4 Å². The monoisotopic (exact) mass is 317 g/mol. The van der Waals surface area contributed by atoms with Gasteiger partial charge < -0.3 is 15.2 Å². The van der Waals surface area contributed by atoms with Crippen molar-refractivity contribution in [3.63, 3.8) is 0 Å². The minimum atomic E-state index is -3.84. The van der Waals surface area contributed by atoms with Crippen LogP contribution in [0.3, 0.4) is 0 Å². The van der Waals surface area contributed by atoms with Crippen LogP contribution in [-0.2, 0) is 9.53 Å². The highest BCUT2D eigenvalue weighted by atomic mass is 19.3. The second-order valence-corrected chi connectivity index (χ2v) is 5.45. The minimum absolute atomic E-state index is 0.0981. The number of alkyl halides is 2. The van der Waals surface area contributed by atoms with Gasteiger partial charge in [0.1, 0.15) is 11.4 Å². The normalized spacial score (nSPS) is 18.4. The Balaban J connectivity index is 1.98. The average Bonchev–Trinajstić information content (AvgIpc) is 2.46. The van der Waals surface area contributed by atoms with Crippen molar-refractivity contribution >= 4 is 5.91 Å². The molecule has 1 fully saturated rings. The first-order chi connectivity index (χ1) is 10.3. The molecule has 1 aromatic carbocycles. The molecule has 0 aliphatic heterocycles. The number of amides is 1. The molecule has 0 saturated heterocycles. The van der Waals surface area contributed by atoms with Gasteiger partial charge in [-0.25, -0.2) is 4.39 Å². The van der Waals surface area contributed by atoms with Gasteiger partial charge in [-0.2, -0.15) is 8.78 Å². The maximum atomic E-state index is 13.9. The van der Waals surface area contributed by atoms with Gasteiger partial charge in [-0.05, 0) is 37.0 Å². The third-order valence-corrected chi connectivity index (χ3v) is 4.02. The van der Waals surface area contributed by atoms with Crippen molar-refractivity contribution in [2.45, 2.75) is 36.9 Å². The predicted octanol–water partition coefficient (Wildman–Crippen LogP) is 2.18. The first-order valence-electron chi connectivity index (χ1n) is 6.97. The molecule has 1 atom stereocenters. The largest absolute Gasteiger partial charge is 0.383 e. The fourth-order valence-electron chi connectivity index (χ4n) is 2.35. The zero-order valence-electron chi connectivity index (χ0n) is 12.1. The van der Waals surface area contributed by atoms with E-state index < -0.39 is 29.4 Å². The van der Waals surface area contributed by atoms with Crippen molar-refractivity contribution in [1.82, 2.24) is 5.32 Å². The fraction of sp³-hybridized carbons (Fsp3) is 0.533. The van der Waals surface area contributed by atoms with Crippen LogP contribution in [0.5, 0.6) is 0 Å². The number of ether oxygens (including phenoxy) is 1. The lowest BCUT2D eigenvalue weighted by Crippen LogP contribution is -2.60. The van der Waals surface area contributed by atoms with Gasteiger partial charge in [0.2, 0.25) is 0 Å². The first-order valence-corrected chi connectivity index (χ1v) is 6.97. The van der Waals surface area contributed by atoms with Crippen LogP contribution in [0.2, 0.25) is 0 Å². The molecule has 0 aromatic heterocycles. The maximum Gasteiger partial charge on any atom is 0.352 e. The molecule has 0 heterocycles. The third-order valence-electron chi connectivity index (χ3n) is 4.02. The zero-order valence-corrected chi connectivity index (χ0v) is 12.1. The van der Waals surface area contributed by atoms with E-state index in [0.29, 0.717) is 12.0 Å². The molecule has 1 amide bonds. The molecule has 1 aromatic rings. The van der Waals surface area contributed by atoms with Crippen LogP contribution in [0, 0.1) is 5.82 Å². The summed E-state index contributed by atoms with van der Waals surface area (Å²) >= 11 is 0. The van der Waals surface area contributed by atoms with Crippen LogP contribution in [0.4, 0.5) is 13.2 Å². The molecule has 0 radical (unpaired) electrons. The molecule has 1 aliphatic rings. The number of halogens is 3. The number of methoxy groups -OCH3 is 1. The highest BCUT2D eigenvalue weighted by molar-refractivity contribution is 5.85. The molecule has 0 bridgehead atoms. The van der Waals surface area contributed by atoms with E-state index in [-0.39, 0.29) is 19.4 Å². The molecule has 7 heteroatoms. The van der Waals surface area contributed by atoms with Crippen LogP contribution in [0.1, 0.15) is 30.9 Å². The Morgan fingerprint density at radius 1 is 1.41 bits per heavy atom. The van der Waals surface area contributed by atoms with E-state index in [0.717, 1.165) is 0 Å². The lowest BCUT2D eigenvalue weighted by atomic mass is 9.75. The molecule has 1 saturated carbocycles. The van der Waals surface area contributed by atoms with Crippen molar-refractivity contribution < 1.29 is 27.8 Å². The Labute approximate surface area is 126 Å². The maximum absolute atomic E-state index is 13.9. The molecular formula is C15H18F3NO3. The van der Waals surface area contributed by atoms with Crippen LogP contribution < -0.4 is 5.32 Å². The smallest absolute Gasteiger partial charge is 0.352 e. The summed E-state index contributed by atoms with van der Waals surface area (Å²) in [6, 6.07) is 5.34. The second kappa shape index (κ2) is 6.26. The second-order valence-electron chi connectivity index (χ2n) is 5.45. The number of nitrogens with one attached hydrogen (secondary N) is 1. The molecule has 22 heavy (non-hydrogen) atoms. The summed E-state index contributed by atoms with van der Waals surface area (Å²) in [7, 11) is 1.36. The topological polar surface area (TPSA) is 58.6 Å². The van der Waals surface area contributed by atoms with Gasteiger partial charge in [-0.3, -0.25) is 4.79 Å². The Bertz CT molecular complexity index is 529. The molecular weight excluding hydrogens is 299 g/mol. The molecule has 2 rings (SSSR count). The lowest BCUT2D eigenvalue weighted by molar-refractivity contribution is -0.216. The van der Waals surface area contributed by atoms with Gasteiger partial charge in [-0.15, -0.1) is 0 Å². The Kier molecular flexibility index (Phi) is 4.77. The van der Waals surface area contributed by atoms with E-state index in [4.69, 9.17) is 4.74 Å². The summed E-state index contributed by atoms with van der Waals surface area (Å²) < 4.78 is 45.8. The highest BCUT2D eigenvalue weighted by Crippen LogP contribution is 2.44. The summed E-state index contributed by atoms with van der Waals surface area (Å²) in [6.45, 7) is -0.202. The fourth-order valence-corrected chi connectivity index (χ4v) is 2.35. The van der Waals surface area contributed by atoms with Gasteiger partial charge in [-0.1, -0.05) is 12.1 Å². The predicted molar refractivity (Wildman–Crippen MR) is 72.9 cm³/mol. The number of rotatable bonds is 6. The summed E-state index contributed by atoms with van der Waals surface area (Å²) in [6.07, 6.45) is -0.412. The molecule has 2 N–H and O–H groups in total. The number of carbonyl (C=O) groups excluding carboxylic acids is 1. The van der Waals surface area contributed by atoms with Gasteiger partial charge >= 0.3 is 5.92 Å². The molecule has 4 nitrogen and oxygen atoms in total. The van der Waals surface area contributed by atoms with Crippen molar-refractivity contribution in [1.29, 1.82) is 0 Å². The Hall–Kier alpha value is -1.60. The van der Waals surface area contributed by atoms with Gasteiger partial charge in [0.15, 0.2) is 0 Å². The Morgan fingerprint density at radius 2 is 2.00 bits per heavy atom. The van der Waals surface area contributed by atoms with Crippen LogP contribution >= 0.6 is 0 Å². The summed E-state index contributed by atoms with van der Waals surface area (Å²) in [5, 5.41) is 11.8. The number of aliphatic hydroxyl groups is 1. The van der Waals surface area contributed by atoms with Crippen molar-refractivity contribution in [2.24, 2.45) is 0 Å².